The van der Waals surface area contributed by atoms with Crippen molar-refractivity contribution < 1.29 is 27.8 Å². The summed E-state index contributed by atoms with van der Waals surface area (Å²) in [6, 6.07) is 2.58. The number of hydrogen-bond donors (Lipinski definition) is 1. The minimum Gasteiger partial charge on any atom is -0.478 e. The van der Waals surface area contributed by atoms with Crippen molar-refractivity contribution in [1.82, 2.24) is 0 Å². The minimum absolute atomic E-state index is 0.0419. The molecule has 0 amide bonds. The molecule has 1 aliphatic rings. The third-order valence-electron chi connectivity index (χ3n) is 4.08. The topological polar surface area (TPSA) is 46.5 Å². The quantitative estimate of drug-likeness (QED) is 0.878. The highest BCUT2D eigenvalue weighted by Gasteiger charge is 2.37. The van der Waals surface area contributed by atoms with Crippen LogP contribution in [0.4, 0.5) is 13.2 Å². The molecule has 1 aromatic rings. The van der Waals surface area contributed by atoms with E-state index in [2.05, 4.69) is 0 Å². The maximum atomic E-state index is 14.2. The number of rotatable bonds is 5. The molecule has 1 aliphatic carbocycles. The van der Waals surface area contributed by atoms with Gasteiger partial charge in [0.15, 0.2) is 0 Å². The molecule has 122 valence electrons. The molecule has 0 aromatic heterocycles. The summed E-state index contributed by atoms with van der Waals surface area (Å²) >= 11 is 0. The highest BCUT2D eigenvalue weighted by atomic mass is 19.3. The maximum absolute atomic E-state index is 14.2. The molecule has 1 saturated carbocycles. The average molecular weight is 316 g/mol. The summed E-state index contributed by atoms with van der Waals surface area (Å²) in [6.45, 7) is 2.24. The molecule has 0 aliphatic heterocycles. The van der Waals surface area contributed by atoms with Gasteiger partial charge in [-0.2, -0.15) is 0 Å². The Hall–Kier alpha value is -1.56. The molecule has 0 bridgehead atoms. The summed E-state index contributed by atoms with van der Waals surface area (Å²) in [5.74, 6) is -5.12. The zero-order valence-electron chi connectivity index (χ0n) is 12.4. The largest absolute Gasteiger partial charge is 0.478 e. The Kier molecular flexibility index (Phi) is 5.11. The summed E-state index contributed by atoms with van der Waals surface area (Å²) in [5.41, 5.74) is 0.284. The van der Waals surface area contributed by atoms with Crippen LogP contribution in [0.2, 0.25) is 0 Å². The Labute approximate surface area is 127 Å². The minimum atomic E-state index is -2.74. The summed E-state index contributed by atoms with van der Waals surface area (Å²) in [7, 11) is 0. The van der Waals surface area contributed by atoms with Crippen molar-refractivity contribution in [2.45, 2.75) is 51.1 Å². The first-order valence-electron chi connectivity index (χ1n) is 7.36. The fourth-order valence-corrected chi connectivity index (χ4v) is 2.95. The van der Waals surface area contributed by atoms with Gasteiger partial charge in [0.1, 0.15) is 5.82 Å². The molecule has 6 heteroatoms. The predicted octanol–water partition coefficient (Wildman–Crippen LogP) is 4.35. The van der Waals surface area contributed by atoms with E-state index >= 15 is 0 Å². The number of ether oxygens (including phenoxy) is 1. The number of aromatic carboxylic acids is 1. The molecule has 22 heavy (non-hydrogen) atoms. The van der Waals surface area contributed by atoms with E-state index in [9.17, 15) is 23.1 Å². The van der Waals surface area contributed by atoms with Crippen LogP contribution >= 0.6 is 0 Å². The van der Waals surface area contributed by atoms with E-state index in [1.165, 1.54) is 12.1 Å². The first-order valence-corrected chi connectivity index (χ1v) is 7.36. The number of benzene rings is 1. The molecule has 0 radical (unpaired) electrons. The summed E-state index contributed by atoms with van der Waals surface area (Å²) < 4.78 is 46.0. The number of carboxylic acid groups (broad SMARTS) is 1. The van der Waals surface area contributed by atoms with E-state index in [0.29, 0.717) is 12.2 Å². The van der Waals surface area contributed by atoms with E-state index in [-0.39, 0.29) is 43.4 Å². The second-order valence-corrected chi connectivity index (χ2v) is 5.57. The summed E-state index contributed by atoms with van der Waals surface area (Å²) in [6.07, 6.45) is -0.512. The number of hydrogen-bond acceptors (Lipinski definition) is 2. The number of halogens is 3. The zero-order valence-corrected chi connectivity index (χ0v) is 12.4. The van der Waals surface area contributed by atoms with Crippen molar-refractivity contribution in [2.75, 3.05) is 6.61 Å². The van der Waals surface area contributed by atoms with Gasteiger partial charge >= 0.3 is 5.97 Å². The maximum Gasteiger partial charge on any atom is 0.336 e. The van der Waals surface area contributed by atoms with Gasteiger partial charge in [-0.1, -0.05) is 6.07 Å². The van der Waals surface area contributed by atoms with Gasteiger partial charge in [-0.15, -0.1) is 0 Å². The molecular weight excluding hydrogens is 297 g/mol. The van der Waals surface area contributed by atoms with E-state index in [1.807, 2.05) is 0 Å². The first-order chi connectivity index (χ1) is 10.4. The second kappa shape index (κ2) is 6.69. The van der Waals surface area contributed by atoms with E-state index < -0.39 is 23.6 Å². The van der Waals surface area contributed by atoms with Gasteiger partial charge in [0.25, 0.3) is 0 Å². The van der Waals surface area contributed by atoms with E-state index in [0.717, 1.165) is 0 Å². The molecule has 0 saturated heterocycles. The lowest BCUT2D eigenvalue weighted by atomic mass is 9.79. The van der Waals surface area contributed by atoms with Crippen LogP contribution in [-0.2, 0) is 11.3 Å². The van der Waals surface area contributed by atoms with E-state index in [4.69, 9.17) is 4.74 Å². The lowest BCUT2D eigenvalue weighted by molar-refractivity contribution is -0.0384. The Balaban J connectivity index is 2.38. The Morgan fingerprint density at radius 3 is 2.55 bits per heavy atom. The van der Waals surface area contributed by atoms with Gasteiger partial charge in [0.2, 0.25) is 5.92 Å². The van der Waals surface area contributed by atoms with Gasteiger partial charge in [0, 0.05) is 25.0 Å². The van der Waals surface area contributed by atoms with Crippen molar-refractivity contribution in [2.24, 2.45) is 0 Å². The van der Waals surface area contributed by atoms with Crippen LogP contribution in [0.15, 0.2) is 12.1 Å². The second-order valence-electron chi connectivity index (χ2n) is 5.57. The van der Waals surface area contributed by atoms with Gasteiger partial charge in [-0.3, -0.25) is 0 Å². The molecule has 0 unspecified atom stereocenters. The summed E-state index contributed by atoms with van der Waals surface area (Å²) in [4.78, 5) is 11.6. The van der Waals surface area contributed by atoms with Crippen LogP contribution in [0.3, 0.4) is 0 Å². The lowest BCUT2D eigenvalue weighted by Crippen LogP contribution is -2.25. The third-order valence-corrected chi connectivity index (χ3v) is 4.08. The standard InChI is InChI=1S/C16H19F3O3/c1-2-22-9-11-3-4-12(17)13(14(11)15(20)21)10-5-7-16(18,19)8-6-10/h3-4,10H,2,5-9H2,1H3,(H,20,21). The lowest BCUT2D eigenvalue weighted by Gasteiger charge is -2.30. The van der Waals surface area contributed by atoms with Crippen LogP contribution in [0.5, 0.6) is 0 Å². The van der Waals surface area contributed by atoms with Gasteiger partial charge in [-0.25, -0.2) is 18.0 Å². The number of alkyl halides is 2. The molecule has 0 spiro atoms. The van der Waals surface area contributed by atoms with Crippen molar-refractivity contribution >= 4 is 5.97 Å². The van der Waals surface area contributed by atoms with Gasteiger partial charge in [0.05, 0.1) is 12.2 Å². The first kappa shape index (κ1) is 16.8. The Bertz CT molecular complexity index is 548. The van der Waals surface area contributed by atoms with Crippen LogP contribution in [0, 0.1) is 5.82 Å². The molecule has 3 nitrogen and oxygen atoms in total. The molecule has 0 heterocycles. The normalized spacial score (nSPS) is 18.4. The predicted molar refractivity (Wildman–Crippen MR) is 74.8 cm³/mol. The Morgan fingerprint density at radius 2 is 2.00 bits per heavy atom. The Morgan fingerprint density at radius 1 is 1.36 bits per heavy atom. The molecule has 0 atom stereocenters. The van der Waals surface area contributed by atoms with Gasteiger partial charge in [-0.05, 0) is 37.3 Å². The van der Waals surface area contributed by atoms with Crippen LogP contribution in [-0.4, -0.2) is 23.6 Å². The third kappa shape index (κ3) is 3.61. The fraction of sp³-hybridized carbons (Fsp3) is 0.562. The van der Waals surface area contributed by atoms with Crippen LogP contribution in [0.1, 0.15) is 60.0 Å². The van der Waals surface area contributed by atoms with Crippen molar-refractivity contribution in [3.8, 4) is 0 Å². The van der Waals surface area contributed by atoms with Crippen LogP contribution < -0.4 is 0 Å². The van der Waals surface area contributed by atoms with Gasteiger partial charge < -0.3 is 9.84 Å². The van der Waals surface area contributed by atoms with Crippen LogP contribution in [0.25, 0.3) is 0 Å². The zero-order chi connectivity index (χ0) is 16.3. The molecule has 2 rings (SSSR count). The number of carbonyl (C=O) groups is 1. The van der Waals surface area contributed by atoms with Crippen molar-refractivity contribution in [1.29, 1.82) is 0 Å². The average Bonchev–Trinajstić information content (AvgIpc) is 2.46. The SMILES string of the molecule is CCOCc1ccc(F)c(C2CCC(F)(F)CC2)c1C(=O)O. The monoisotopic (exact) mass is 316 g/mol. The van der Waals surface area contributed by atoms with Crippen molar-refractivity contribution in [3.63, 3.8) is 0 Å². The van der Waals surface area contributed by atoms with E-state index in [1.54, 1.807) is 6.92 Å². The summed E-state index contributed by atoms with van der Waals surface area (Å²) in [5, 5.41) is 9.43. The highest BCUT2D eigenvalue weighted by molar-refractivity contribution is 5.91. The smallest absolute Gasteiger partial charge is 0.336 e. The van der Waals surface area contributed by atoms with Crippen molar-refractivity contribution in [3.05, 3.63) is 34.6 Å². The molecule has 1 fully saturated rings. The number of carboxylic acids is 1. The molecular formula is C16H19F3O3. The molecule has 1 aromatic carbocycles. The molecule has 1 N–H and O–H groups in total. The fourth-order valence-electron chi connectivity index (χ4n) is 2.95. The highest BCUT2D eigenvalue weighted by Crippen LogP contribution is 2.43.